The van der Waals surface area contributed by atoms with Crippen molar-refractivity contribution in [1.29, 1.82) is 0 Å². The van der Waals surface area contributed by atoms with E-state index in [4.69, 9.17) is 4.74 Å². The second-order valence-electron chi connectivity index (χ2n) is 6.61. The van der Waals surface area contributed by atoms with Gasteiger partial charge in [0.1, 0.15) is 11.6 Å². The minimum Gasteiger partial charge on any atom is -0.477 e. The standard InChI is InChI=1S/C21H24FN3O3/c1-2-11-23-21(27)19-13-25(17-9-5-6-10-18(17)28-19)14-20(26)24-12-15-7-3-4-8-16(15)22/h3-10,19H,2,11-14H2,1H3,(H,23,27)(H,24,26)/t19-/m1/s1. The van der Waals surface area contributed by atoms with Crippen molar-refractivity contribution in [3.05, 3.63) is 59.9 Å². The Hall–Kier alpha value is -3.09. The fourth-order valence-electron chi connectivity index (χ4n) is 3.02. The fraction of sp³-hybridized carbons (Fsp3) is 0.333. The third-order valence-electron chi connectivity index (χ3n) is 4.47. The van der Waals surface area contributed by atoms with E-state index in [-0.39, 0.29) is 37.3 Å². The van der Waals surface area contributed by atoms with Crippen molar-refractivity contribution in [1.82, 2.24) is 10.6 Å². The lowest BCUT2D eigenvalue weighted by Gasteiger charge is -2.35. The molecule has 7 heteroatoms. The predicted octanol–water partition coefficient (Wildman–Crippen LogP) is 2.24. The molecule has 0 saturated heterocycles. The number of benzene rings is 2. The van der Waals surface area contributed by atoms with Crippen LogP contribution in [-0.4, -0.2) is 37.6 Å². The largest absolute Gasteiger partial charge is 0.477 e. The summed E-state index contributed by atoms with van der Waals surface area (Å²) < 4.78 is 19.5. The number of rotatable bonds is 7. The Labute approximate surface area is 163 Å². The minimum atomic E-state index is -0.694. The maximum Gasteiger partial charge on any atom is 0.262 e. The van der Waals surface area contributed by atoms with E-state index in [1.807, 2.05) is 30.0 Å². The SMILES string of the molecule is CCCNC(=O)[C@H]1CN(CC(=O)NCc2ccccc2F)c2ccccc2O1. The maximum atomic E-state index is 13.7. The minimum absolute atomic E-state index is 0.0480. The van der Waals surface area contributed by atoms with Gasteiger partial charge in [-0.2, -0.15) is 0 Å². The number of para-hydroxylation sites is 2. The molecule has 1 heterocycles. The Balaban J connectivity index is 1.66. The van der Waals surface area contributed by atoms with Crippen LogP contribution in [0.1, 0.15) is 18.9 Å². The molecule has 3 rings (SSSR count). The Morgan fingerprint density at radius 2 is 1.89 bits per heavy atom. The molecule has 2 aromatic rings. The number of halogens is 1. The molecule has 0 spiro atoms. The topological polar surface area (TPSA) is 70.7 Å². The van der Waals surface area contributed by atoms with Crippen LogP contribution in [0.15, 0.2) is 48.5 Å². The second-order valence-corrected chi connectivity index (χ2v) is 6.61. The quantitative estimate of drug-likeness (QED) is 0.767. The molecule has 1 aliphatic heterocycles. The van der Waals surface area contributed by atoms with Crippen LogP contribution in [0.25, 0.3) is 0 Å². The monoisotopic (exact) mass is 385 g/mol. The molecule has 0 fully saturated rings. The summed E-state index contributed by atoms with van der Waals surface area (Å²) in [5, 5.41) is 5.56. The van der Waals surface area contributed by atoms with Gasteiger partial charge in [-0.15, -0.1) is 0 Å². The molecule has 2 N–H and O–H groups in total. The van der Waals surface area contributed by atoms with Gasteiger partial charge in [0.25, 0.3) is 5.91 Å². The summed E-state index contributed by atoms with van der Waals surface area (Å²) in [5.41, 5.74) is 1.18. The summed E-state index contributed by atoms with van der Waals surface area (Å²) in [6, 6.07) is 13.6. The summed E-state index contributed by atoms with van der Waals surface area (Å²) in [6.45, 7) is 2.97. The molecule has 6 nitrogen and oxygen atoms in total. The van der Waals surface area contributed by atoms with Crippen LogP contribution in [0.3, 0.4) is 0 Å². The summed E-state index contributed by atoms with van der Waals surface area (Å²) in [5.74, 6) is -0.250. The van der Waals surface area contributed by atoms with Gasteiger partial charge in [0.2, 0.25) is 5.91 Å². The highest BCUT2D eigenvalue weighted by Crippen LogP contribution is 2.32. The van der Waals surface area contributed by atoms with Gasteiger partial charge in [-0.05, 0) is 24.6 Å². The first-order chi connectivity index (χ1) is 13.6. The van der Waals surface area contributed by atoms with Gasteiger partial charge in [0.15, 0.2) is 6.10 Å². The molecule has 0 aromatic heterocycles. The van der Waals surface area contributed by atoms with Crippen LogP contribution in [0.2, 0.25) is 0 Å². The highest BCUT2D eigenvalue weighted by atomic mass is 19.1. The molecule has 1 atom stereocenters. The molecular formula is C21H24FN3O3. The van der Waals surface area contributed by atoms with E-state index in [0.717, 1.165) is 12.1 Å². The molecule has 28 heavy (non-hydrogen) atoms. The van der Waals surface area contributed by atoms with Gasteiger partial charge >= 0.3 is 0 Å². The highest BCUT2D eigenvalue weighted by Gasteiger charge is 2.31. The average Bonchev–Trinajstić information content (AvgIpc) is 2.71. The smallest absolute Gasteiger partial charge is 0.262 e. The van der Waals surface area contributed by atoms with Crippen molar-refractivity contribution >= 4 is 17.5 Å². The lowest BCUT2D eigenvalue weighted by Crippen LogP contribution is -2.51. The van der Waals surface area contributed by atoms with E-state index in [0.29, 0.717) is 17.9 Å². The molecule has 0 radical (unpaired) electrons. The molecule has 2 aromatic carbocycles. The van der Waals surface area contributed by atoms with Crippen molar-refractivity contribution in [2.45, 2.75) is 26.0 Å². The van der Waals surface area contributed by atoms with E-state index in [2.05, 4.69) is 10.6 Å². The molecule has 1 aliphatic rings. The molecule has 0 bridgehead atoms. The average molecular weight is 385 g/mol. The lowest BCUT2D eigenvalue weighted by molar-refractivity contribution is -0.128. The number of ether oxygens (including phenoxy) is 1. The van der Waals surface area contributed by atoms with Crippen molar-refractivity contribution in [2.75, 3.05) is 24.5 Å². The van der Waals surface area contributed by atoms with Gasteiger partial charge in [-0.3, -0.25) is 9.59 Å². The van der Waals surface area contributed by atoms with Gasteiger partial charge in [0, 0.05) is 18.7 Å². The van der Waals surface area contributed by atoms with Gasteiger partial charge < -0.3 is 20.3 Å². The molecule has 0 saturated carbocycles. The third-order valence-corrected chi connectivity index (χ3v) is 4.47. The number of anilines is 1. The van der Waals surface area contributed by atoms with Crippen LogP contribution in [0.5, 0.6) is 5.75 Å². The van der Waals surface area contributed by atoms with Gasteiger partial charge in [0.05, 0.1) is 18.8 Å². The summed E-state index contributed by atoms with van der Waals surface area (Å²) >= 11 is 0. The van der Waals surface area contributed by atoms with E-state index >= 15 is 0 Å². The molecular weight excluding hydrogens is 361 g/mol. The Morgan fingerprint density at radius 3 is 2.68 bits per heavy atom. The molecule has 148 valence electrons. The molecule has 0 aliphatic carbocycles. The van der Waals surface area contributed by atoms with Crippen LogP contribution in [-0.2, 0) is 16.1 Å². The number of nitrogens with zero attached hydrogens (tertiary/aromatic N) is 1. The normalized spacial score (nSPS) is 15.4. The number of hydrogen-bond donors (Lipinski definition) is 2. The zero-order valence-electron chi connectivity index (χ0n) is 15.8. The number of nitrogens with one attached hydrogen (secondary N) is 2. The second kappa shape index (κ2) is 9.21. The van der Waals surface area contributed by atoms with Crippen molar-refractivity contribution in [3.63, 3.8) is 0 Å². The van der Waals surface area contributed by atoms with Crippen molar-refractivity contribution in [2.24, 2.45) is 0 Å². The van der Waals surface area contributed by atoms with Crippen LogP contribution in [0.4, 0.5) is 10.1 Å². The zero-order valence-corrected chi connectivity index (χ0v) is 15.8. The number of fused-ring (bicyclic) bond motifs is 1. The Morgan fingerprint density at radius 1 is 1.14 bits per heavy atom. The third kappa shape index (κ3) is 4.79. The first-order valence-electron chi connectivity index (χ1n) is 9.37. The molecule has 2 amide bonds. The Bertz CT molecular complexity index is 843. The zero-order chi connectivity index (χ0) is 19.9. The first kappa shape index (κ1) is 19.7. The number of amides is 2. The Kier molecular flexibility index (Phi) is 6.47. The van der Waals surface area contributed by atoms with E-state index in [1.165, 1.54) is 6.07 Å². The van der Waals surface area contributed by atoms with Crippen LogP contribution < -0.4 is 20.3 Å². The van der Waals surface area contributed by atoms with Crippen LogP contribution >= 0.6 is 0 Å². The predicted molar refractivity (Wildman–Crippen MR) is 105 cm³/mol. The maximum absolute atomic E-state index is 13.7. The van der Waals surface area contributed by atoms with E-state index in [9.17, 15) is 14.0 Å². The van der Waals surface area contributed by atoms with Gasteiger partial charge in [-0.25, -0.2) is 4.39 Å². The number of carbonyl (C=O) groups excluding carboxylic acids is 2. The summed E-state index contributed by atoms with van der Waals surface area (Å²) in [6.07, 6.45) is 0.137. The van der Waals surface area contributed by atoms with Crippen LogP contribution in [0, 0.1) is 5.82 Å². The molecule has 0 unspecified atom stereocenters. The summed E-state index contributed by atoms with van der Waals surface area (Å²) in [4.78, 5) is 26.6. The van der Waals surface area contributed by atoms with E-state index < -0.39 is 6.10 Å². The number of hydrogen-bond acceptors (Lipinski definition) is 4. The van der Waals surface area contributed by atoms with E-state index in [1.54, 1.807) is 24.3 Å². The van der Waals surface area contributed by atoms with Crippen molar-refractivity contribution in [3.8, 4) is 5.75 Å². The van der Waals surface area contributed by atoms with Gasteiger partial charge in [-0.1, -0.05) is 37.3 Å². The highest BCUT2D eigenvalue weighted by molar-refractivity contribution is 5.86. The lowest BCUT2D eigenvalue weighted by atomic mass is 10.1. The first-order valence-corrected chi connectivity index (χ1v) is 9.37. The van der Waals surface area contributed by atoms with Crippen molar-refractivity contribution < 1.29 is 18.7 Å². The summed E-state index contributed by atoms with van der Waals surface area (Å²) in [7, 11) is 0. The number of carbonyl (C=O) groups is 2. The fourth-order valence-corrected chi connectivity index (χ4v) is 3.02.